The van der Waals surface area contributed by atoms with E-state index in [1.54, 1.807) is 12.1 Å². The van der Waals surface area contributed by atoms with Crippen LogP contribution in [-0.4, -0.2) is 21.2 Å². The van der Waals surface area contributed by atoms with Crippen molar-refractivity contribution in [3.05, 3.63) is 47.0 Å². The van der Waals surface area contributed by atoms with Crippen LogP contribution in [0.1, 0.15) is 86.5 Å². The first-order valence-electron chi connectivity index (χ1n) is 10.5. The number of benzene rings is 1. The van der Waals surface area contributed by atoms with Gasteiger partial charge in [-0.25, -0.2) is 9.07 Å². The van der Waals surface area contributed by atoms with E-state index >= 15 is 0 Å². The van der Waals surface area contributed by atoms with Gasteiger partial charge in [0.2, 0.25) is 0 Å². The Bertz CT molecular complexity index is 911. The molecule has 2 fully saturated rings. The number of rotatable bonds is 2. The van der Waals surface area contributed by atoms with E-state index in [0.717, 1.165) is 17.5 Å². The van der Waals surface area contributed by atoms with Gasteiger partial charge in [0.25, 0.3) is 5.91 Å². The summed E-state index contributed by atoms with van der Waals surface area (Å²) in [7, 11) is 0. The van der Waals surface area contributed by atoms with Crippen molar-refractivity contribution in [3.8, 4) is 5.69 Å². The molecule has 1 aromatic carbocycles. The Labute approximate surface area is 165 Å². The summed E-state index contributed by atoms with van der Waals surface area (Å²) in [6, 6.07) is 6.48. The molecule has 4 nitrogen and oxygen atoms in total. The molecule has 2 atom stereocenters. The maximum absolute atomic E-state index is 13.5. The standard InChI is InChI=1S/C23H28FN3O/c1-23(2,3)25-22(28)20-19-15-9-13-8-14(10-15)12-16(11-13)21(19)27(26-20)18-6-4-17(24)5-7-18/h4-7,13-16H,8-12H2,1-3H3,(H,25,28). The van der Waals surface area contributed by atoms with Crippen LogP contribution in [0, 0.1) is 17.7 Å². The van der Waals surface area contributed by atoms with Crippen molar-refractivity contribution in [1.82, 2.24) is 15.1 Å². The monoisotopic (exact) mass is 381 g/mol. The summed E-state index contributed by atoms with van der Waals surface area (Å²) in [5.74, 6) is 2.03. The van der Waals surface area contributed by atoms with Gasteiger partial charge in [-0.05, 0) is 94.9 Å². The van der Waals surface area contributed by atoms with Crippen molar-refractivity contribution in [2.75, 3.05) is 0 Å². The molecule has 2 aromatic rings. The molecule has 4 aliphatic carbocycles. The molecule has 0 spiro atoms. The summed E-state index contributed by atoms with van der Waals surface area (Å²) in [6.45, 7) is 5.98. The Kier molecular flexibility index (Phi) is 3.94. The summed E-state index contributed by atoms with van der Waals surface area (Å²) >= 11 is 0. The van der Waals surface area contributed by atoms with Gasteiger partial charge in [0, 0.05) is 17.0 Å². The van der Waals surface area contributed by atoms with E-state index in [2.05, 4.69) is 5.32 Å². The molecule has 2 unspecified atom stereocenters. The van der Waals surface area contributed by atoms with Gasteiger partial charge in [0.1, 0.15) is 5.82 Å². The molecule has 4 aliphatic rings. The van der Waals surface area contributed by atoms with Crippen LogP contribution in [0.3, 0.4) is 0 Å². The van der Waals surface area contributed by atoms with E-state index in [9.17, 15) is 9.18 Å². The van der Waals surface area contributed by atoms with Gasteiger partial charge in [0.15, 0.2) is 5.69 Å². The van der Waals surface area contributed by atoms with Crippen LogP contribution in [-0.2, 0) is 0 Å². The summed E-state index contributed by atoms with van der Waals surface area (Å²) in [5.41, 5.74) is 3.48. The second kappa shape index (κ2) is 6.16. The van der Waals surface area contributed by atoms with E-state index in [1.807, 2.05) is 25.5 Å². The smallest absolute Gasteiger partial charge is 0.272 e. The lowest BCUT2D eigenvalue weighted by Gasteiger charge is -2.38. The molecule has 0 saturated heterocycles. The van der Waals surface area contributed by atoms with Crippen LogP contribution in [0.2, 0.25) is 0 Å². The van der Waals surface area contributed by atoms with Gasteiger partial charge < -0.3 is 5.32 Å². The predicted molar refractivity (Wildman–Crippen MR) is 106 cm³/mol. The minimum atomic E-state index is -0.314. The molecule has 0 aliphatic heterocycles. The third kappa shape index (κ3) is 2.96. The average Bonchev–Trinajstić information content (AvgIpc) is 2.92. The number of amides is 1. The van der Waals surface area contributed by atoms with Crippen molar-refractivity contribution in [1.29, 1.82) is 0 Å². The lowest BCUT2D eigenvalue weighted by molar-refractivity contribution is 0.0910. The van der Waals surface area contributed by atoms with E-state index in [1.165, 1.54) is 55.5 Å². The highest BCUT2D eigenvalue weighted by Crippen LogP contribution is 2.57. The Morgan fingerprint density at radius 2 is 1.64 bits per heavy atom. The first kappa shape index (κ1) is 17.9. The molecular formula is C23H28FN3O. The first-order valence-corrected chi connectivity index (χ1v) is 10.5. The number of nitrogens with one attached hydrogen (secondary N) is 1. The number of hydrogen-bond donors (Lipinski definition) is 1. The van der Waals surface area contributed by atoms with Crippen LogP contribution < -0.4 is 5.32 Å². The van der Waals surface area contributed by atoms with Gasteiger partial charge in [-0.2, -0.15) is 5.10 Å². The normalized spacial score (nSPS) is 28.1. The van der Waals surface area contributed by atoms with Gasteiger partial charge in [-0.1, -0.05) is 0 Å². The van der Waals surface area contributed by atoms with Crippen LogP contribution in [0.5, 0.6) is 0 Å². The molecule has 5 heteroatoms. The van der Waals surface area contributed by atoms with E-state index in [4.69, 9.17) is 5.10 Å². The van der Waals surface area contributed by atoms with Gasteiger partial charge in [-0.3, -0.25) is 4.79 Å². The highest BCUT2D eigenvalue weighted by atomic mass is 19.1. The molecule has 1 amide bonds. The molecule has 1 N–H and O–H groups in total. The van der Waals surface area contributed by atoms with Crippen molar-refractivity contribution < 1.29 is 9.18 Å². The fourth-order valence-electron chi connectivity index (χ4n) is 5.89. The van der Waals surface area contributed by atoms with Crippen LogP contribution in [0.15, 0.2) is 24.3 Å². The number of halogens is 1. The third-order valence-corrected chi connectivity index (χ3v) is 6.67. The van der Waals surface area contributed by atoms with Gasteiger partial charge in [-0.15, -0.1) is 0 Å². The van der Waals surface area contributed by atoms with E-state index in [-0.39, 0.29) is 17.3 Å². The Hall–Kier alpha value is -2.17. The van der Waals surface area contributed by atoms with Gasteiger partial charge >= 0.3 is 0 Å². The number of carbonyl (C=O) groups excluding carboxylic acids is 1. The fourth-order valence-corrected chi connectivity index (χ4v) is 5.89. The van der Waals surface area contributed by atoms with E-state index in [0.29, 0.717) is 17.5 Å². The van der Waals surface area contributed by atoms with Crippen molar-refractivity contribution in [3.63, 3.8) is 0 Å². The molecule has 28 heavy (non-hydrogen) atoms. The zero-order chi connectivity index (χ0) is 19.6. The average molecular weight is 381 g/mol. The molecule has 2 saturated carbocycles. The Balaban J connectivity index is 1.68. The maximum atomic E-state index is 13.5. The SMILES string of the molecule is CC(C)(C)NC(=O)c1nn(-c2ccc(F)cc2)c2c1C1CC3CC(C1)CC2C3. The van der Waals surface area contributed by atoms with Crippen LogP contribution in [0.25, 0.3) is 5.69 Å². The number of carbonyl (C=O) groups is 1. The summed E-state index contributed by atoms with van der Waals surface area (Å²) in [5, 5.41) is 7.93. The van der Waals surface area contributed by atoms with Crippen molar-refractivity contribution in [2.45, 2.75) is 70.3 Å². The largest absolute Gasteiger partial charge is 0.346 e. The number of hydrogen-bond acceptors (Lipinski definition) is 2. The molecule has 4 bridgehead atoms. The van der Waals surface area contributed by atoms with Crippen LogP contribution >= 0.6 is 0 Å². The number of aromatic nitrogens is 2. The van der Waals surface area contributed by atoms with Crippen molar-refractivity contribution >= 4 is 5.91 Å². The molecule has 1 heterocycles. The molecule has 0 radical (unpaired) electrons. The van der Waals surface area contributed by atoms with Crippen molar-refractivity contribution in [2.24, 2.45) is 11.8 Å². The maximum Gasteiger partial charge on any atom is 0.272 e. The minimum absolute atomic E-state index is 0.0918. The molecule has 148 valence electrons. The molecular weight excluding hydrogens is 353 g/mol. The van der Waals surface area contributed by atoms with Crippen LogP contribution in [0.4, 0.5) is 4.39 Å². The highest BCUT2D eigenvalue weighted by molar-refractivity contribution is 5.95. The number of nitrogens with zero attached hydrogens (tertiary/aromatic N) is 2. The topological polar surface area (TPSA) is 46.9 Å². The Morgan fingerprint density at radius 1 is 1.04 bits per heavy atom. The third-order valence-electron chi connectivity index (χ3n) is 6.67. The van der Waals surface area contributed by atoms with Gasteiger partial charge in [0.05, 0.1) is 11.4 Å². The lowest BCUT2D eigenvalue weighted by atomic mass is 9.67. The Morgan fingerprint density at radius 3 is 2.25 bits per heavy atom. The van der Waals surface area contributed by atoms with E-state index < -0.39 is 0 Å². The summed E-state index contributed by atoms with van der Waals surface area (Å²) in [6.07, 6.45) is 6.06. The first-order chi connectivity index (χ1) is 13.3. The highest BCUT2D eigenvalue weighted by Gasteiger charge is 2.46. The minimum Gasteiger partial charge on any atom is -0.346 e. The lowest BCUT2D eigenvalue weighted by Crippen LogP contribution is -2.41. The molecule has 6 rings (SSSR count). The predicted octanol–water partition coefficient (Wildman–Crippen LogP) is 4.93. The second-order valence-electron chi connectivity index (χ2n) is 10.0. The zero-order valence-corrected chi connectivity index (χ0v) is 16.8. The summed E-state index contributed by atoms with van der Waals surface area (Å²) in [4.78, 5) is 13.2. The summed E-state index contributed by atoms with van der Waals surface area (Å²) < 4.78 is 15.4. The second-order valence-corrected chi connectivity index (χ2v) is 10.0. The quantitative estimate of drug-likeness (QED) is 0.802. The zero-order valence-electron chi connectivity index (χ0n) is 16.8. The molecule has 1 aromatic heterocycles. The fraction of sp³-hybridized carbons (Fsp3) is 0.565.